The molecule has 4 nitrogen and oxygen atoms in total. The molecule has 5 heteroatoms. The largest absolute Gasteiger partial charge is 0.335 e. The highest BCUT2D eigenvalue weighted by molar-refractivity contribution is 5.82. The number of benzene rings is 2. The van der Waals surface area contributed by atoms with Gasteiger partial charge in [0.2, 0.25) is 11.8 Å². The first-order valence-electron chi connectivity index (χ1n) is 9.63. The molecule has 1 saturated carbocycles. The van der Waals surface area contributed by atoms with E-state index in [1.54, 1.807) is 34.2 Å². The summed E-state index contributed by atoms with van der Waals surface area (Å²) in [6.45, 7) is 1.77. The highest BCUT2D eigenvalue weighted by Crippen LogP contribution is 2.36. The summed E-state index contributed by atoms with van der Waals surface area (Å²) in [7, 11) is 0. The second kappa shape index (κ2) is 7.58. The molecule has 0 bridgehead atoms. The van der Waals surface area contributed by atoms with Crippen molar-refractivity contribution in [1.82, 2.24) is 9.80 Å². The molecule has 28 heavy (non-hydrogen) atoms. The maximum absolute atomic E-state index is 14.1. The zero-order chi connectivity index (χ0) is 19.7. The SMILES string of the molecule is CC(=O)N1C=Cc2ccccc2C1CC(=O)N(Cc1ccccc1F)C1CC1. The monoisotopic (exact) mass is 378 g/mol. The van der Waals surface area contributed by atoms with Crippen LogP contribution in [0.5, 0.6) is 0 Å². The van der Waals surface area contributed by atoms with E-state index in [4.69, 9.17) is 0 Å². The van der Waals surface area contributed by atoms with Crippen LogP contribution in [-0.2, 0) is 16.1 Å². The third-order valence-corrected chi connectivity index (χ3v) is 5.44. The maximum atomic E-state index is 14.1. The molecule has 0 N–H and O–H groups in total. The minimum atomic E-state index is -0.340. The first-order valence-corrected chi connectivity index (χ1v) is 9.63. The van der Waals surface area contributed by atoms with E-state index in [0.717, 1.165) is 24.0 Å². The van der Waals surface area contributed by atoms with Crippen LogP contribution in [0.1, 0.15) is 48.9 Å². The van der Waals surface area contributed by atoms with Crippen LogP contribution in [0.4, 0.5) is 4.39 Å². The zero-order valence-electron chi connectivity index (χ0n) is 15.8. The Morgan fingerprint density at radius 1 is 1.11 bits per heavy atom. The van der Waals surface area contributed by atoms with Crippen molar-refractivity contribution in [2.45, 2.75) is 44.8 Å². The van der Waals surface area contributed by atoms with Crippen LogP contribution in [0.2, 0.25) is 0 Å². The van der Waals surface area contributed by atoms with Crippen molar-refractivity contribution in [2.75, 3.05) is 0 Å². The average Bonchev–Trinajstić information content (AvgIpc) is 3.52. The van der Waals surface area contributed by atoms with Gasteiger partial charge in [0.1, 0.15) is 5.82 Å². The number of nitrogens with zero attached hydrogens (tertiary/aromatic N) is 2. The lowest BCUT2D eigenvalue weighted by atomic mass is 9.93. The highest BCUT2D eigenvalue weighted by atomic mass is 19.1. The van der Waals surface area contributed by atoms with Crippen molar-refractivity contribution in [1.29, 1.82) is 0 Å². The second-order valence-corrected chi connectivity index (χ2v) is 7.44. The van der Waals surface area contributed by atoms with Crippen molar-refractivity contribution >= 4 is 17.9 Å². The number of hydrogen-bond acceptors (Lipinski definition) is 2. The van der Waals surface area contributed by atoms with Crippen LogP contribution in [-0.4, -0.2) is 27.7 Å². The first kappa shape index (κ1) is 18.4. The predicted octanol–water partition coefficient (Wildman–Crippen LogP) is 4.28. The third kappa shape index (κ3) is 3.70. The molecule has 1 heterocycles. The lowest BCUT2D eigenvalue weighted by Gasteiger charge is -2.34. The normalized spacial score (nSPS) is 17.9. The van der Waals surface area contributed by atoms with Crippen molar-refractivity contribution in [3.8, 4) is 0 Å². The Kier molecular flexibility index (Phi) is 4.99. The fraction of sp³-hybridized carbons (Fsp3) is 0.304. The van der Waals surface area contributed by atoms with Crippen LogP contribution in [0, 0.1) is 5.82 Å². The van der Waals surface area contributed by atoms with Crippen LogP contribution in [0.3, 0.4) is 0 Å². The summed E-state index contributed by atoms with van der Waals surface area (Å²) >= 11 is 0. The van der Waals surface area contributed by atoms with Crippen LogP contribution >= 0.6 is 0 Å². The van der Waals surface area contributed by atoms with Crippen molar-refractivity contribution in [3.63, 3.8) is 0 Å². The smallest absolute Gasteiger partial charge is 0.225 e. The number of carbonyl (C=O) groups excluding carboxylic acids is 2. The van der Waals surface area contributed by atoms with Gasteiger partial charge < -0.3 is 9.80 Å². The molecule has 144 valence electrons. The van der Waals surface area contributed by atoms with Crippen LogP contribution < -0.4 is 0 Å². The van der Waals surface area contributed by atoms with Gasteiger partial charge >= 0.3 is 0 Å². The highest BCUT2D eigenvalue weighted by Gasteiger charge is 2.36. The van der Waals surface area contributed by atoms with Gasteiger partial charge in [-0.1, -0.05) is 42.5 Å². The molecule has 2 amide bonds. The van der Waals surface area contributed by atoms with Crippen LogP contribution in [0.25, 0.3) is 6.08 Å². The average molecular weight is 378 g/mol. The van der Waals surface area contributed by atoms with Crippen molar-refractivity contribution in [3.05, 3.63) is 77.2 Å². The molecule has 0 spiro atoms. The Morgan fingerprint density at radius 2 is 1.82 bits per heavy atom. The van der Waals surface area contributed by atoms with Gasteiger partial charge in [-0.2, -0.15) is 0 Å². The molecule has 4 rings (SSSR count). The number of rotatable bonds is 5. The topological polar surface area (TPSA) is 40.6 Å². The summed E-state index contributed by atoms with van der Waals surface area (Å²) in [5.74, 6) is -0.444. The summed E-state index contributed by atoms with van der Waals surface area (Å²) in [6.07, 6.45) is 5.72. The van der Waals surface area contributed by atoms with Gasteiger partial charge in [-0.15, -0.1) is 0 Å². The van der Waals surface area contributed by atoms with Gasteiger partial charge in [0, 0.05) is 31.3 Å². The summed E-state index contributed by atoms with van der Waals surface area (Å²) in [4.78, 5) is 28.8. The van der Waals surface area contributed by atoms with E-state index in [1.807, 2.05) is 30.3 Å². The Morgan fingerprint density at radius 3 is 2.54 bits per heavy atom. The summed E-state index contributed by atoms with van der Waals surface area (Å²) in [5.41, 5.74) is 2.51. The van der Waals surface area contributed by atoms with Gasteiger partial charge in [-0.3, -0.25) is 9.59 Å². The molecule has 0 aromatic heterocycles. The molecule has 0 radical (unpaired) electrons. The number of fused-ring (bicyclic) bond motifs is 1. The Balaban J connectivity index is 1.58. The molecule has 1 aliphatic carbocycles. The Hall–Kier alpha value is -2.95. The van der Waals surface area contributed by atoms with Gasteiger partial charge in [0.15, 0.2) is 0 Å². The number of hydrogen-bond donors (Lipinski definition) is 0. The molecule has 1 fully saturated rings. The Bertz CT molecular complexity index is 936. The Labute approximate surface area is 164 Å². The maximum Gasteiger partial charge on any atom is 0.225 e. The number of amides is 2. The quantitative estimate of drug-likeness (QED) is 0.779. The minimum absolute atomic E-state index is 0.0490. The van der Waals surface area contributed by atoms with E-state index in [1.165, 1.54) is 13.0 Å². The standard InChI is InChI=1S/C23H23FN2O2/c1-16(27)25-13-12-17-6-2-4-8-20(17)22(25)14-23(28)26(19-10-11-19)15-18-7-3-5-9-21(18)24/h2-9,12-13,19,22H,10-11,14-15H2,1H3. The molecular weight excluding hydrogens is 355 g/mol. The van der Waals surface area contributed by atoms with Crippen molar-refractivity contribution < 1.29 is 14.0 Å². The van der Waals surface area contributed by atoms with E-state index in [9.17, 15) is 14.0 Å². The zero-order valence-corrected chi connectivity index (χ0v) is 15.8. The summed E-state index contributed by atoms with van der Waals surface area (Å²) < 4.78 is 14.1. The molecule has 2 aromatic carbocycles. The minimum Gasteiger partial charge on any atom is -0.335 e. The molecule has 1 aliphatic heterocycles. The molecule has 2 aliphatic rings. The van der Waals surface area contributed by atoms with Crippen LogP contribution in [0.15, 0.2) is 54.7 Å². The van der Waals surface area contributed by atoms with E-state index in [2.05, 4.69) is 0 Å². The summed E-state index contributed by atoms with van der Waals surface area (Å²) in [6, 6.07) is 14.2. The van der Waals surface area contributed by atoms with E-state index in [0.29, 0.717) is 5.56 Å². The van der Waals surface area contributed by atoms with Gasteiger partial charge in [0.25, 0.3) is 0 Å². The fourth-order valence-electron chi connectivity index (χ4n) is 3.81. The van der Waals surface area contributed by atoms with E-state index < -0.39 is 0 Å². The number of halogens is 1. The fourth-order valence-corrected chi connectivity index (χ4v) is 3.81. The molecule has 0 saturated heterocycles. The molecule has 1 unspecified atom stereocenters. The lowest BCUT2D eigenvalue weighted by Crippen LogP contribution is -2.38. The molecule has 1 atom stereocenters. The van der Waals surface area contributed by atoms with Gasteiger partial charge in [-0.05, 0) is 36.1 Å². The molecule has 2 aromatic rings. The summed E-state index contributed by atoms with van der Waals surface area (Å²) in [5, 5.41) is 0. The van der Waals surface area contributed by atoms with Gasteiger partial charge in [-0.25, -0.2) is 4.39 Å². The predicted molar refractivity (Wildman–Crippen MR) is 105 cm³/mol. The van der Waals surface area contributed by atoms with E-state index >= 15 is 0 Å². The first-order chi connectivity index (χ1) is 13.5. The van der Waals surface area contributed by atoms with Gasteiger partial charge in [0.05, 0.1) is 12.5 Å². The molecular formula is C23H23FN2O2. The van der Waals surface area contributed by atoms with Crippen molar-refractivity contribution in [2.24, 2.45) is 0 Å². The van der Waals surface area contributed by atoms with E-state index in [-0.39, 0.29) is 42.7 Å². The lowest BCUT2D eigenvalue weighted by molar-refractivity contribution is -0.135. The second-order valence-electron chi connectivity index (χ2n) is 7.44. The third-order valence-electron chi connectivity index (χ3n) is 5.44. The number of carbonyl (C=O) groups is 2.